The lowest BCUT2D eigenvalue weighted by Crippen LogP contribution is -2.28. The highest BCUT2D eigenvalue weighted by Crippen LogP contribution is 2.31. The van der Waals surface area contributed by atoms with E-state index in [1.807, 2.05) is 0 Å². The standard InChI is InChI=1S/C28H24O12/c1-38-28(37)25(14-17-4-7-19(30)22(33)11-17)39-23-12-15(2-8-20(23)31)5-9-26(34)40-24(27(35)36)13-16-3-6-18(29)21(32)10-16/h2-12,14,24,29-33H,13H2,1H3,(H,35,36). The van der Waals surface area contributed by atoms with Crippen molar-refractivity contribution in [3.8, 4) is 34.5 Å². The molecule has 0 spiro atoms. The lowest BCUT2D eigenvalue weighted by molar-refractivity contribution is -0.160. The third-order valence-corrected chi connectivity index (χ3v) is 5.29. The Bertz CT molecular complexity index is 1490. The van der Waals surface area contributed by atoms with Gasteiger partial charge in [0.15, 0.2) is 34.5 Å². The van der Waals surface area contributed by atoms with E-state index in [4.69, 9.17) is 14.2 Å². The van der Waals surface area contributed by atoms with Gasteiger partial charge in [-0.05, 0) is 65.2 Å². The largest absolute Gasteiger partial charge is 0.504 e. The SMILES string of the molecule is COC(=O)C(=Cc1ccc(O)c(O)c1)Oc1cc(C=CC(=O)OC(Cc2ccc(O)c(O)c2)C(=O)O)ccc1O. The maximum atomic E-state index is 12.3. The molecule has 0 bridgehead atoms. The van der Waals surface area contributed by atoms with Gasteiger partial charge in [-0.1, -0.05) is 18.2 Å². The Kier molecular flexibility index (Phi) is 9.21. The van der Waals surface area contributed by atoms with Crippen molar-refractivity contribution in [2.45, 2.75) is 12.5 Å². The molecule has 3 rings (SSSR count). The first-order valence-corrected chi connectivity index (χ1v) is 11.4. The second kappa shape index (κ2) is 12.7. The van der Waals surface area contributed by atoms with Gasteiger partial charge in [-0.15, -0.1) is 0 Å². The van der Waals surface area contributed by atoms with Gasteiger partial charge >= 0.3 is 17.9 Å². The number of carbonyl (C=O) groups excluding carboxylic acids is 2. The normalized spacial score (nSPS) is 12.1. The fourth-order valence-corrected chi connectivity index (χ4v) is 3.28. The van der Waals surface area contributed by atoms with Gasteiger partial charge in [0.05, 0.1) is 7.11 Å². The highest BCUT2D eigenvalue weighted by molar-refractivity contribution is 5.92. The fraction of sp³-hybridized carbons (Fsp3) is 0.107. The van der Waals surface area contributed by atoms with E-state index in [0.29, 0.717) is 11.1 Å². The number of aromatic hydroxyl groups is 5. The molecular formula is C28H24O12. The van der Waals surface area contributed by atoms with Gasteiger partial charge in [0.1, 0.15) is 0 Å². The van der Waals surface area contributed by atoms with E-state index in [2.05, 4.69) is 0 Å². The van der Waals surface area contributed by atoms with E-state index in [1.54, 1.807) is 0 Å². The molecule has 0 aliphatic heterocycles. The summed E-state index contributed by atoms with van der Waals surface area (Å²) >= 11 is 0. The number of carboxylic acid groups (broad SMARTS) is 1. The minimum Gasteiger partial charge on any atom is -0.504 e. The van der Waals surface area contributed by atoms with Crippen LogP contribution in [0.25, 0.3) is 12.2 Å². The minimum atomic E-state index is -1.59. The van der Waals surface area contributed by atoms with E-state index in [9.17, 15) is 45.0 Å². The molecule has 12 nitrogen and oxygen atoms in total. The molecule has 0 saturated heterocycles. The number of rotatable bonds is 10. The summed E-state index contributed by atoms with van der Waals surface area (Å²) < 4.78 is 15.2. The molecular weight excluding hydrogens is 528 g/mol. The summed E-state index contributed by atoms with van der Waals surface area (Å²) in [5, 5.41) is 57.8. The van der Waals surface area contributed by atoms with E-state index < -0.39 is 35.5 Å². The summed E-state index contributed by atoms with van der Waals surface area (Å²) in [4.78, 5) is 36.1. The van der Waals surface area contributed by atoms with Crippen LogP contribution in [0.5, 0.6) is 34.5 Å². The maximum absolute atomic E-state index is 12.3. The molecule has 0 saturated carbocycles. The number of hydrogen-bond donors (Lipinski definition) is 6. The maximum Gasteiger partial charge on any atom is 0.373 e. The number of phenolic OH excluding ortho intramolecular Hbond substituents is 5. The molecule has 3 aromatic carbocycles. The van der Waals surface area contributed by atoms with Crippen LogP contribution in [0, 0.1) is 0 Å². The Hall–Kier alpha value is -5.65. The molecule has 0 aliphatic carbocycles. The van der Waals surface area contributed by atoms with Crippen LogP contribution in [0.3, 0.4) is 0 Å². The first-order chi connectivity index (χ1) is 19.0. The Balaban J connectivity index is 1.76. The number of methoxy groups -OCH3 is 1. The van der Waals surface area contributed by atoms with Gasteiger partial charge in [-0.3, -0.25) is 0 Å². The second-order valence-corrected chi connectivity index (χ2v) is 8.20. The summed E-state index contributed by atoms with van der Waals surface area (Å²) in [6, 6.07) is 11.3. The van der Waals surface area contributed by atoms with Crippen molar-refractivity contribution in [2.75, 3.05) is 7.11 Å². The van der Waals surface area contributed by atoms with Gasteiger partial charge < -0.3 is 44.8 Å². The number of carbonyl (C=O) groups is 3. The molecule has 0 radical (unpaired) electrons. The van der Waals surface area contributed by atoms with Crippen LogP contribution in [0.4, 0.5) is 0 Å². The zero-order valence-corrected chi connectivity index (χ0v) is 20.8. The lowest BCUT2D eigenvalue weighted by Gasteiger charge is -2.13. The van der Waals surface area contributed by atoms with Crippen molar-refractivity contribution >= 4 is 30.1 Å². The van der Waals surface area contributed by atoms with Crippen molar-refractivity contribution in [1.82, 2.24) is 0 Å². The summed E-state index contributed by atoms with van der Waals surface area (Å²) in [5.74, 6) is -5.96. The summed E-state index contributed by atoms with van der Waals surface area (Å²) in [6.45, 7) is 0. The monoisotopic (exact) mass is 552 g/mol. The van der Waals surface area contributed by atoms with Crippen LogP contribution >= 0.6 is 0 Å². The van der Waals surface area contributed by atoms with Crippen LogP contribution in [0.15, 0.2) is 66.4 Å². The molecule has 0 heterocycles. The number of benzene rings is 3. The van der Waals surface area contributed by atoms with Gasteiger partial charge in [-0.2, -0.15) is 0 Å². The number of phenols is 5. The van der Waals surface area contributed by atoms with Gasteiger partial charge in [0.2, 0.25) is 11.9 Å². The van der Waals surface area contributed by atoms with Crippen molar-refractivity contribution in [3.05, 3.63) is 83.1 Å². The molecule has 208 valence electrons. The van der Waals surface area contributed by atoms with E-state index in [0.717, 1.165) is 19.3 Å². The number of hydrogen-bond acceptors (Lipinski definition) is 11. The first-order valence-electron chi connectivity index (χ1n) is 11.4. The predicted octanol–water partition coefficient (Wildman–Crippen LogP) is 3.06. The fourth-order valence-electron chi connectivity index (χ4n) is 3.28. The summed E-state index contributed by atoms with van der Waals surface area (Å²) in [5.41, 5.74) is 0.868. The van der Waals surface area contributed by atoms with Crippen molar-refractivity contribution in [3.63, 3.8) is 0 Å². The number of esters is 2. The zero-order chi connectivity index (χ0) is 29.4. The molecule has 0 amide bonds. The zero-order valence-electron chi connectivity index (χ0n) is 20.8. The Labute approximate surface area is 226 Å². The summed E-state index contributed by atoms with van der Waals surface area (Å²) in [6.07, 6.45) is 1.52. The molecule has 1 unspecified atom stereocenters. The average Bonchev–Trinajstić information content (AvgIpc) is 2.91. The van der Waals surface area contributed by atoms with E-state index in [1.165, 1.54) is 60.7 Å². The molecule has 0 aliphatic rings. The molecule has 1 atom stereocenters. The summed E-state index contributed by atoms with van der Waals surface area (Å²) in [7, 11) is 1.10. The lowest BCUT2D eigenvalue weighted by atomic mass is 10.1. The highest BCUT2D eigenvalue weighted by atomic mass is 16.6. The van der Waals surface area contributed by atoms with E-state index >= 15 is 0 Å². The van der Waals surface area contributed by atoms with Crippen molar-refractivity contribution < 1.29 is 59.2 Å². The van der Waals surface area contributed by atoms with Crippen molar-refractivity contribution in [1.29, 1.82) is 0 Å². The third kappa shape index (κ3) is 7.68. The van der Waals surface area contributed by atoms with Gasteiger partial charge in [0.25, 0.3) is 0 Å². The van der Waals surface area contributed by atoms with Gasteiger partial charge in [-0.25, -0.2) is 14.4 Å². The van der Waals surface area contributed by atoms with Crippen LogP contribution in [0.1, 0.15) is 16.7 Å². The Morgan fingerprint density at radius 1 is 0.800 bits per heavy atom. The van der Waals surface area contributed by atoms with Gasteiger partial charge in [0, 0.05) is 12.5 Å². The van der Waals surface area contributed by atoms with Crippen molar-refractivity contribution in [2.24, 2.45) is 0 Å². The molecule has 0 fully saturated rings. The van der Waals surface area contributed by atoms with Crippen LogP contribution < -0.4 is 4.74 Å². The van der Waals surface area contributed by atoms with Crippen LogP contribution in [-0.4, -0.2) is 61.8 Å². The molecule has 6 N–H and O–H groups in total. The van der Waals surface area contributed by atoms with E-state index in [-0.39, 0.29) is 40.7 Å². The molecule has 40 heavy (non-hydrogen) atoms. The molecule has 3 aromatic rings. The first kappa shape index (κ1) is 28.9. The second-order valence-electron chi connectivity index (χ2n) is 8.20. The average molecular weight is 552 g/mol. The molecule has 0 aromatic heterocycles. The smallest absolute Gasteiger partial charge is 0.373 e. The predicted molar refractivity (Wildman–Crippen MR) is 139 cm³/mol. The number of carboxylic acids is 1. The number of ether oxygens (including phenoxy) is 3. The number of aliphatic carboxylic acids is 1. The highest BCUT2D eigenvalue weighted by Gasteiger charge is 2.22. The Morgan fingerprint density at radius 3 is 2.05 bits per heavy atom. The van der Waals surface area contributed by atoms with Crippen LogP contribution in [0.2, 0.25) is 0 Å². The quantitative estimate of drug-likeness (QED) is 0.0931. The Morgan fingerprint density at radius 2 is 1.43 bits per heavy atom. The molecule has 12 heteroatoms. The third-order valence-electron chi connectivity index (χ3n) is 5.29. The van der Waals surface area contributed by atoms with Crippen LogP contribution in [-0.2, 0) is 30.3 Å². The topological polar surface area (TPSA) is 200 Å². The minimum absolute atomic E-state index is 0.203.